The fourth-order valence-electron chi connectivity index (χ4n) is 4.40. The Balaban J connectivity index is 1.46. The zero-order valence-corrected chi connectivity index (χ0v) is 18.7. The van der Waals surface area contributed by atoms with Crippen molar-refractivity contribution in [2.75, 3.05) is 19.7 Å². The number of rotatable bonds is 7. The van der Waals surface area contributed by atoms with Gasteiger partial charge in [0.1, 0.15) is 0 Å². The summed E-state index contributed by atoms with van der Waals surface area (Å²) in [5.74, 6) is -0.108. The summed E-state index contributed by atoms with van der Waals surface area (Å²) in [6.45, 7) is 3.28. The lowest BCUT2D eigenvalue weighted by Crippen LogP contribution is -2.51. The van der Waals surface area contributed by atoms with Crippen molar-refractivity contribution in [2.24, 2.45) is 5.41 Å². The van der Waals surface area contributed by atoms with E-state index in [1.165, 1.54) is 0 Å². The smallest absolute Gasteiger partial charge is 0.314 e. The molecule has 1 amide bonds. The molecule has 1 aliphatic rings. The molecule has 4 rings (SSSR count). The molecule has 5 nitrogen and oxygen atoms in total. The number of hydrogen-bond donors (Lipinski definition) is 0. The predicted molar refractivity (Wildman–Crippen MR) is 123 cm³/mol. The number of benzene rings is 2. The SMILES string of the molecule is CCOC(=O)C1(Cc2ccccc2)CCCN(C(=O)CCc2nc3ccccc3s2)C1. The highest BCUT2D eigenvalue weighted by Gasteiger charge is 2.44. The van der Waals surface area contributed by atoms with E-state index < -0.39 is 5.41 Å². The van der Waals surface area contributed by atoms with Crippen LogP contribution >= 0.6 is 11.3 Å². The van der Waals surface area contributed by atoms with Crippen molar-refractivity contribution in [3.05, 3.63) is 65.2 Å². The van der Waals surface area contributed by atoms with Crippen LogP contribution in [0.2, 0.25) is 0 Å². The fourth-order valence-corrected chi connectivity index (χ4v) is 5.36. The molecule has 3 aromatic rings. The van der Waals surface area contributed by atoms with Crippen molar-refractivity contribution in [3.8, 4) is 0 Å². The second-order valence-electron chi connectivity index (χ2n) is 8.16. The lowest BCUT2D eigenvalue weighted by atomic mass is 9.75. The fraction of sp³-hybridized carbons (Fsp3) is 0.400. The van der Waals surface area contributed by atoms with Crippen LogP contribution in [0.25, 0.3) is 10.2 Å². The van der Waals surface area contributed by atoms with E-state index in [-0.39, 0.29) is 11.9 Å². The molecule has 0 aliphatic carbocycles. The minimum Gasteiger partial charge on any atom is -0.466 e. The van der Waals surface area contributed by atoms with E-state index in [2.05, 4.69) is 11.1 Å². The maximum Gasteiger partial charge on any atom is 0.314 e. The van der Waals surface area contributed by atoms with Crippen LogP contribution in [0.4, 0.5) is 0 Å². The molecule has 1 atom stereocenters. The minimum atomic E-state index is -0.679. The molecule has 0 N–H and O–H groups in total. The molecule has 0 radical (unpaired) electrons. The second-order valence-corrected chi connectivity index (χ2v) is 9.27. The first-order valence-electron chi connectivity index (χ1n) is 10.9. The normalized spacial score (nSPS) is 18.8. The predicted octanol–water partition coefficient (Wildman–Crippen LogP) is 4.64. The maximum absolute atomic E-state index is 13.1. The largest absolute Gasteiger partial charge is 0.466 e. The Bertz CT molecular complexity index is 1020. The van der Waals surface area contributed by atoms with Gasteiger partial charge in [-0.15, -0.1) is 11.3 Å². The summed E-state index contributed by atoms with van der Waals surface area (Å²) >= 11 is 1.64. The molecule has 6 heteroatoms. The lowest BCUT2D eigenvalue weighted by molar-refractivity contribution is -0.160. The first-order chi connectivity index (χ1) is 15.1. The molecule has 1 aromatic heterocycles. The summed E-state index contributed by atoms with van der Waals surface area (Å²) in [6.07, 6.45) is 3.17. The van der Waals surface area contributed by atoms with Gasteiger partial charge < -0.3 is 9.64 Å². The number of carbonyl (C=O) groups is 2. The number of fused-ring (bicyclic) bond motifs is 1. The van der Waals surface area contributed by atoms with Crippen LogP contribution in [0, 0.1) is 5.41 Å². The molecule has 0 saturated carbocycles. The molecule has 2 heterocycles. The number of esters is 1. The molecule has 0 bridgehead atoms. The van der Waals surface area contributed by atoms with E-state index in [0.717, 1.165) is 33.6 Å². The highest BCUT2D eigenvalue weighted by Crippen LogP contribution is 2.36. The number of thiazole rings is 1. The molecular formula is C25H28N2O3S. The highest BCUT2D eigenvalue weighted by atomic mass is 32.1. The van der Waals surface area contributed by atoms with Gasteiger partial charge >= 0.3 is 5.97 Å². The van der Waals surface area contributed by atoms with Crippen LogP contribution < -0.4 is 0 Å². The van der Waals surface area contributed by atoms with Crippen LogP contribution in [0.1, 0.15) is 36.8 Å². The molecule has 0 spiro atoms. The summed E-state index contributed by atoms with van der Waals surface area (Å²) < 4.78 is 6.61. The first-order valence-corrected chi connectivity index (χ1v) is 11.7. The molecular weight excluding hydrogens is 408 g/mol. The number of para-hydroxylation sites is 1. The van der Waals surface area contributed by atoms with E-state index in [1.54, 1.807) is 11.3 Å². The third-order valence-electron chi connectivity index (χ3n) is 5.91. The highest BCUT2D eigenvalue weighted by molar-refractivity contribution is 7.18. The lowest BCUT2D eigenvalue weighted by Gasteiger charge is -2.41. The van der Waals surface area contributed by atoms with Crippen LogP contribution in [0.15, 0.2) is 54.6 Å². The number of aromatic nitrogens is 1. The monoisotopic (exact) mass is 436 g/mol. The van der Waals surface area contributed by atoms with Gasteiger partial charge in [-0.25, -0.2) is 4.98 Å². The maximum atomic E-state index is 13.1. The molecule has 31 heavy (non-hydrogen) atoms. The van der Waals surface area contributed by atoms with Gasteiger partial charge in [0.2, 0.25) is 5.91 Å². The zero-order valence-electron chi connectivity index (χ0n) is 17.9. The van der Waals surface area contributed by atoms with Crippen molar-refractivity contribution in [2.45, 2.75) is 39.0 Å². The number of likely N-dealkylation sites (tertiary alicyclic amines) is 1. The van der Waals surface area contributed by atoms with Gasteiger partial charge in [0.15, 0.2) is 0 Å². The number of piperidine rings is 1. The van der Waals surface area contributed by atoms with E-state index in [1.807, 2.05) is 60.4 Å². The van der Waals surface area contributed by atoms with Gasteiger partial charge in [-0.05, 0) is 43.9 Å². The summed E-state index contributed by atoms with van der Waals surface area (Å²) in [5, 5.41) is 0.979. The van der Waals surface area contributed by atoms with Crippen LogP contribution in [0.3, 0.4) is 0 Å². The zero-order chi connectivity index (χ0) is 21.7. The Morgan fingerprint density at radius 1 is 1.13 bits per heavy atom. The Morgan fingerprint density at radius 3 is 2.68 bits per heavy atom. The Kier molecular flexibility index (Phi) is 6.66. The van der Waals surface area contributed by atoms with Crippen molar-refractivity contribution < 1.29 is 14.3 Å². The molecule has 1 saturated heterocycles. The van der Waals surface area contributed by atoms with Crippen molar-refractivity contribution in [1.29, 1.82) is 0 Å². The van der Waals surface area contributed by atoms with Gasteiger partial charge in [-0.2, -0.15) is 0 Å². The number of aryl methyl sites for hydroxylation is 1. The quantitative estimate of drug-likeness (QED) is 0.506. The van der Waals surface area contributed by atoms with Crippen LogP contribution in [0.5, 0.6) is 0 Å². The molecule has 1 fully saturated rings. The van der Waals surface area contributed by atoms with Gasteiger partial charge in [0, 0.05) is 25.9 Å². The first kappa shape index (κ1) is 21.5. The topological polar surface area (TPSA) is 59.5 Å². The van der Waals surface area contributed by atoms with Gasteiger partial charge in [0.25, 0.3) is 0 Å². The molecule has 2 aromatic carbocycles. The van der Waals surface area contributed by atoms with Gasteiger partial charge in [-0.3, -0.25) is 9.59 Å². The van der Waals surface area contributed by atoms with Crippen molar-refractivity contribution >= 4 is 33.4 Å². The Labute approximate surface area is 187 Å². The Hall–Kier alpha value is -2.73. The number of ether oxygens (including phenoxy) is 1. The number of nitrogens with zero attached hydrogens (tertiary/aromatic N) is 2. The van der Waals surface area contributed by atoms with E-state index in [9.17, 15) is 9.59 Å². The van der Waals surface area contributed by atoms with Crippen molar-refractivity contribution in [3.63, 3.8) is 0 Å². The average molecular weight is 437 g/mol. The van der Waals surface area contributed by atoms with Gasteiger partial charge in [-0.1, -0.05) is 42.5 Å². The standard InChI is InChI=1S/C25H28N2O3S/c1-2-30-24(29)25(17-19-9-4-3-5-10-19)15-8-16-27(18-25)23(28)14-13-22-26-20-11-6-7-12-21(20)31-22/h3-7,9-12H,2,8,13-18H2,1H3. The van der Waals surface area contributed by atoms with E-state index in [4.69, 9.17) is 4.74 Å². The van der Waals surface area contributed by atoms with Crippen LogP contribution in [-0.4, -0.2) is 41.5 Å². The summed E-state index contributed by atoms with van der Waals surface area (Å²) in [6, 6.07) is 18.1. The molecule has 162 valence electrons. The van der Waals surface area contributed by atoms with E-state index in [0.29, 0.717) is 39.0 Å². The second kappa shape index (κ2) is 9.60. The number of hydrogen-bond acceptors (Lipinski definition) is 5. The van der Waals surface area contributed by atoms with Crippen molar-refractivity contribution in [1.82, 2.24) is 9.88 Å². The van der Waals surface area contributed by atoms with Gasteiger partial charge in [0.05, 0.1) is 27.2 Å². The summed E-state index contributed by atoms with van der Waals surface area (Å²) in [4.78, 5) is 32.6. The third-order valence-corrected chi connectivity index (χ3v) is 7.01. The van der Waals surface area contributed by atoms with E-state index >= 15 is 0 Å². The number of amides is 1. The number of carbonyl (C=O) groups excluding carboxylic acids is 2. The molecule has 1 aliphatic heterocycles. The molecule has 1 unspecified atom stereocenters. The minimum absolute atomic E-state index is 0.0840. The Morgan fingerprint density at radius 2 is 1.90 bits per heavy atom. The summed E-state index contributed by atoms with van der Waals surface area (Å²) in [5.41, 5.74) is 1.40. The average Bonchev–Trinajstić information content (AvgIpc) is 3.21. The summed E-state index contributed by atoms with van der Waals surface area (Å²) in [7, 11) is 0. The van der Waals surface area contributed by atoms with Crippen LogP contribution in [-0.2, 0) is 27.2 Å². The third kappa shape index (κ3) is 4.96.